The zero-order chi connectivity index (χ0) is 12.3. The average molecular weight is 231 g/mol. The first-order chi connectivity index (χ1) is 8.22. The van der Waals surface area contributed by atoms with E-state index in [1.807, 2.05) is 13.8 Å². The second-order valence-corrected chi connectivity index (χ2v) is 3.48. The number of nitrogens with zero attached hydrogens (tertiary/aromatic N) is 4. The van der Waals surface area contributed by atoms with Gasteiger partial charge in [0, 0.05) is 18.9 Å². The Morgan fingerprint density at radius 1 is 1.41 bits per heavy atom. The minimum absolute atomic E-state index is 0.214. The molecule has 0 radical (unpaired) electrons. The summed E-state index contributed by atoms with van der Waals surface area (Å²) in [4.78, 5) is 15.6. The van der Waals surface area contributed by atoms with Crippen LogP contribution in [0.3, 0.4) is 0 Å². The molecule has 1 N–H and O–H groups in total. The van der Waals surface area contributed by atoms with Crippen molar-refractivity contribution in [2.24, 2.45) is 0 Å². The monoisotopic (exact) mass is 231 g/mol. The van der Waals surface area contributed by atoms with Crippen LogP contribution in [0.4, 0.5) is 0 Å². The molecule has 0 saturated carbocycles. The van der Waals surface area contributed by atoms with E-state index in [9.17, 15) is 4.79 Å². The number of aromatic nitrogens is 4. The molecule has 0 atom stereocenters. The highest BCUT2D eigenvalue weighted by Gasteiger charge is 2.08. The standard InChI is InChI=1S/C11H13N5O/c1-3-12-11(17)9-4-5-10(15-14-9)16-7-6-13-8(16)2/h4-7H,3H2,1-2H3,(H,12,17). The van der Waals surface area contributed by atoms with Gasteiger partial charge in [-0.25, -0.2) is 4.98 Å². The Labute approximate surface area is 98.7 Å². The van der Waals surface area contributed by atoms with Gasteiger partial charge >= 0.3 is 0 Å². The lowest BCUT2D eigenvalue weighted by molar-refractivity contribution is 0.0950. The molecule has 2 aromatic heterocycles. The maximum atomic E-state index is 11.5. The van der Waals surface area contributed by atoms with E-state index in [-0.39, 0.29) is 5.91 Å². The second-order valence-electron chi connectivity index (χ2n) is 3.48. The highest BCUT2D eigenvalue weighted by atomic mass is 16.1. The lowest BCUT2D eigenvalue weighted by Crippen LogP contribution is -2.24. The van der Waals surface area contributed by atoms with Crippen LogP contribution in [-0.4, -0.2) is 32.2 Å². The summed E-state index contributed by atoms with van der Waals surface area (Å²) in [7, 11) is 0. The molecule has 6 nitrogen and oxygen atoms in total. The quantitative estimate of drug-likeness (QED) is 0.844. The third-order valence-corrected chi connectivity index (χ3v) is 2.29. The van der Waals surface area contributed by atoms with Crippen molar-refractivity contribution < 1.29 is 4.79 Å². The van der Waals surface area contributed by atoms with E-state index in [1.54, 1.807) is 29.1 Å². The molecule has 17 heavy (non-hydrogen) atoms. The van der Waals surface area contributed by atoms with Gasteiger partial charge in [-0.1, -0.05) is 0 Å². The van der Waals surface area contributed by atoms with Gasteiger partial charge in [0.25, 0.3) is 5.91 Å². The molecule has 0 aliphatic carbocycles. The van der Waals surface area contributed by atoms with Crippen molar-refractivity contribution in [3.05, 3.63) is 36.0 Å². The summed E-state index contributed by atoms with van der Waals surface area (Å²) in [5.41, 5.74) is 0.313. The van der Waals surface area contributed by atoms with E-state index in [1.165, 1.54) is 0 Å². The number of amides is 1. The van der Waals surface area contributed by atoms with Gasteiger partial charge in [0.15, 0.2) is 11.5 Å². The topological polar surface area (TPSA) is 72.7 Å². The zero-order valence-corrected chi connectivity index (χ0v) is 9.71. The van der Waals surface area contributed by atoms with Crippen LogP contribution < -0.4 is 5.32 Å². The Bertz CT molecular complexity index is 517. The summed E-state index contributed by atoms with van der Waals surface area (Å²) < 4.78 is 1.80. The maximum absolute atomic E-state index is 11.5. The number of aryl methyl sites for hydroxylation is 1. The molecule has 6 heteroatoms. The fourth-order valence-electron chi connectivity index (χ4n) is 1.45. The van der Waals surface area contributed by atoms with Gasteiger partial charge in [-0.3, -0.25) is 9.36 Å². The number of hydrogen-bond acceptors (Lipinski definition) is 4. The van der Waals surface area contributed by atoms with Crippen LogP contribution in [0.25, 0.3) is 5.82 Å². The first-order valence-electron chi connectivity index (χ1n) is 5.34. The Morgan fingerprint density at radius 3 is 2.76 bits per heavy atom. The Hall–Kier alpha value is -2.24. The smallest absolute Gasteiger partial charge is 0.271 e. The third-order valence-electron chi connectivity index (χ3n) is 2.29. The molecule has 0 saturated heterocycles. The molecule has 0 aliphatic heterocycles. The Balaban J connectivity index is 2.25. The van der Waals surface area contributed by atoms with Crippen molar-refractivity contribution in [2.75, 3.05) is 6.54 Å². The second kappa shape index (κ2) is 4.73. The molecule has 88 valence electrons. The van der Waals surface area contributed by atoms with Gasteiger partial charge in [-0.05, 0) is 26.0 Å². The molecular weight excluding hydrogens is 218 g/mol. The molecule has 0 unspecified atom stereocenters. The molecule has 0 spiro atoms. The van der Waals surface area contributed by atoms with E-state index in [4.69, 9.17) is 0 Å². The van der Waals surface area contributed by atoms with Crippen LogP contribution in [0, 0.1) is 6.92 Å². The third kappa shape index (κ3) is 2.30. The van der Waals surface area contributed by atoms with Crippen molar-refractivity contribution in [2.45, 2.75) is 13.8 Å². The van der Waals surface area contributed by atoms with Gasteiger partial charge in [-0.15, -0.1) is 10.2 Å². The van der Waals surface area contributed by atoms with Crippen LogP contribution >= 0.6 is 0 Å². The van der Waals surface area contributed by atoms with Crippen LogP contribution in [0.1, 0.15) is 23.2 Å². The number of carbonyl (C=O) groups is 1. The molecule has 2 heterocycles. The number of carbonyl (C=O) groups excluding carboxylic acids is 1. The van der Waals surface area contributed by atoms with Gasteiger partial charge in [0.05, 0.1) is 0 Å². The highest BCUT2D eigenvalue weighted by Crippen LogP contribution is 2.06. The van der Waals surface area contributed by atoms with Gasteiger partial charge in [0.1, 0.15) is 5.82 Å². The summed E-state index contributed by atoms with van der Waals surface area (Å²) in [6.45, 7) is 4.30. The van der Waals surface area contributed by atoms with Crippen molar-refractivity contribution in [1.82, 2.24) is 25.1 Å². The lowest BCUT2D eigenvalue weighted by atomic mass is 10.3. The first kappa shape index (κ1) is 11.3. The summed E-state index contributed by atoms with van der Waals surface area (Å²) in [6.07, 6.45) is 3.49. The molecular formula is C11H13N5O. The van der Waals surface area contributed by atoms with E-state index in [0.29, 0.717) is 18.1 Å². The predicted molar refractivity (Wildman–Crippen MR) is 61.9 cm³/mol. The summed E-state index contributed by atoms with van der Waals surface area (Å²) in [5.74, 6) is 1.26. The molecule has 0 fully saturated rings. The van der Waals surface area contributed by atoms with Crippen LogP contribution in [0.15, 0.2) is 24.5 Å². The van der Waals surface area contributed by atoms with E-state index >= 15 is 0 Å². The number of imidazole rings is 1. The predicted octanol–water partition coefficient (Wildman–Crippen LogP) is 0.720. The first-order valence-corrected chi connectivity index (χ1v) is 5.34. The van der Waals surface area contributed by atoms with Crippen LogP contribution in [0.5, 0.6) is 0 Å². The Morgan fingerprint density at radius 2 is 2.24 bits per heavy atom. The fourth-order valence-corrected chi connectivity index (χ4v) is 1.45. The van der Waals surface area contributed by atoms with Crippen molar-refractivity contribution in [3.8, 4) is 5.82 Å². The van der Waals surface area contributed by atoms with Gasteiger partial charge < -0.3 is 5.32 Å². The largest absolute Gasteiger partial charge is 0.351 e. The van der Waals surface area contributed by atoms with Gasteiger partial charge in [-0.2, -0.15) is 0 Å². The minimum Gasteiger partial charge on any atom is -0.351 e. The maximum Gasteiger partial charge on any atom is 0.271 e. The minimum atomic E-state index is -0.214. The van der Waals surface area contributed by atoms with Crippen LogP contribution in [-0.2, 0) is 0 Å². The number of nitrogens with one attached hydrogen (secondary N) is 1. The molecule has 0 aliphatic rings. The van der Waals surface area contributed by atoms with Crippen molar-refractivity contribution in [1.29, 1.82) is 0 Å². The molecule has 0 bridgehead atoms. The molecule has 2 rings (SSSR count). The normalized spacial score (nSPS) is 10.2. The Kier molecular flexibility index (Phi) is 3.13. The summed E-state index contributed by atoms with van der Waals surface area (Å²) in [5, 5.41) is 10.5. The number of hydrogen-bond donors (Lipinski definition) is 1. The van der Waals surface area contributed by atoms with Crippen molar-refractivity contribution in [3.63, 3.8) is 0 Å². The molecule has 0 aromatic carbocycles. The van der Waals surface area contributed by atoms with E-state index in [0.717, 1.165) is 5.82 Å². The summed E-state index contributed by atoms with van der Waals surface area (Å²) >= 11 is 0. The molecule has 1 amide bonds. The van der Waals surface area contributed by atoms with Gasteiger partial charge in [0.2, 0.25) is 0 Å². The summed E-state index contributed by atoms with van der Waals surface area (Å²) in [6, 6.07) is 3.39. The van der Waals surface area contributed by atoms with Crippen LogP contribution in [0.2, 0.25) is 0 Å². The SMILES string of the molecule is CCNC(=O)c1ccc(-n2ccnc2C)nn1. The lowest BCUT2D eigenvalue weighted by Gasteiger charge is -2.04. The van der Waals surface area contributed by atoms with E-state index in [2.05, 4.69) is 20.5 Å². The number of rotatable bonds is 3. The van der Waals surface area contributed by atoms with Crippen molar-refractivity contribution >= 4 is 5.91 Å². The molecule has 2 aromatic rings. The average Bonchev–Trinajstić information content (AvgIpc) is 2.76. The zero-order valence-electron chi connectivity index (χ0n) is 9.71. The highest BCUT2D eigenvalue weighted by molar-refractivity contribution is 5.92. The van der Waals surface area contributed by atoms with E-state index < -0.39 is 0 Å². The fraction of sp³-hybridized carbons (Fsp3) is 0.273.